The molecule has 0 atom stereocenters. The third-order valence-electron chi connectivity index (χ3n) is 4.56. The minimum Gasteiger partial charge on any atom is -0.497 e. The molecule has 30 heavy (non-hydrogen) atoms. The van der Waals surface area contributed by atoms with Crippen LogP contribution in [0.25, 0.3) is 11.3 Å². The summed E-state index contributed by atoms with van der Waals surface area (Å²) in [5, 5.41) is 4.60. The topological polar surface area (TPSA) is 64.8 Å². The highest BCUT2D eigenvalue weighted by Crippen LogP contribution is 2.34. The number of ether oxygens (including phenoxy) is 2. The lowest BCUT2D eigenvalue weighted by Gasteiger charge is -2.24. The normalized spacial score (nSPS) is 10.9. The first-order valence-electron chi connectivity index (χ1n) is 9.64. The smallest absolute Gasteiger partial charge is 0.255 e. The molecule has 0 bridgehead atoms. The number of methoxy groups -OCH3 is 2. The van der Waals surface area contributed by atoms with Gasteiger partial charge in [-0.1, -0.05) is 42.7 Å². The van der Waals surface area contributed by atoms with Crippen molar-refractivity contribution >= 4 is 17.5 Å². The van der Waals surface area contributed by atoms with Gasteiger partial charge in [-0.15, -0.1) is 0 Å². The van der Waals surface area contributed by atoms with Gasteiger partial charge in [0, 0.05) is 18.7 Å². The number of aromatic nitrogens is 1. The molecule has 1 aromatic heterocycles. The van der Waals surface area contributed by atoms with Crippen LogP contribution < -0.4 is 9.47 Å². The van der Waals surface area contributed by atoms with Gasteiger partial charge in [-0.2, -0.15) is 0 Å². The fraction of sp³-hybridized carbons (Fsp3) is 0.304. The Labute approximate surface area is 181 Å². The predicted octanol–water partition coefficient (Wildman–Crippen LogP) is 5.31. The Kier molecular flexibility index (Phi) is 7.00. The van der Waals surface area contributed by atoms with Gasteiger partial charge in [0.25, 0.3) is 5.91 Å². The van der Waals surface area contributed by atoms with Crippen LogP contribution >= 0.6 is 11.6 Å². The molecule has 0 spiro atoms. The number of carbonyl (C=O) groups is 1. The predicted molar refractivity (Wildman–Crippen MR) is 116 cm³/mol. The molecule has 0 fully saturated rings. The zero-order valence-electron chi connectivity index (χ0n) is 17.5. The zero-order valence-corrected chi connectivity index (χ0v) is 18.3. The van der Waals surface area contributed by atoms with Gasteiger partial charge in [-0.05, 0) is 30.2 Å². The standard InChI is InChI=1S/C23H25ClN2O4/c1-15(2)13-26(23(27)18-7-5-6-8-20(18)24)14-16-11-22(30-25-16)19-10-9-17(28-3)12-21(19)29-4/h5-12,15H,13-14H2,1-4H3. The number of rotatable bonds is 8. The van der Waals surface area contributed by atoms with Gasteiger partial charge in [-0.3, -0.25) is 4.79 Å². The molecule has 6 nitrogen and oxygen atoms in total. The summed E-state index contributed by atoms with van der Waals surface area (Å²) in [4.78, 5) is 14.8. The van der Waals surface area contributed by atoms with Crippen LogP contribution in [0.2, 0.25) is 5.02 Å². The Bertz CT molecular complexity index is 1020. The highest BCUT2D eigenvalue weighted by molar-refractivity contribution is 6.33. The van der Waals surface area contributed by atoms with Gasteiger partial charge in [0.05, 0.1) is 36.9 Å². The van der Waals surface area contributed by atoms with Crippen molar-refractivity contribution in [1.82, 2.24) is 10.1 Å². The molecule has 0 unspecified atom stereocenters. The molecule has 1 amide bonds. The summed E-state index contributed by atoms with van der Waals surface area (Å²) in [5.41, 5.74) is 1.87. The van der Waals surface area contributed by atoms with E-state index in [1.54, 1.807) is 49.5 Å². The molecule has 0 aliphatic rings. The van der Waals surface area contributed by atoms with Crippen LogP contribution in [-0.4, -0.2) is 36.7 Å². The Morgan fingerprint density at radius 3 is 2.57 bits per heavy atom. The van der Waals surface area contributed by atoms with E-state index in [-0.39, 0.29) is 11.8 Å². The van der Waals surface area contributed by atoms with E-state index in [4.69, 9.17) is 25.6 Å². The first kappa shape index (κ1) is 21.7. The first-order valence-corrected chi connectivity index (χ1v) is 10.0. The number of carbonyl (C=O) groups excluding carboxylic acids is 1. The van der Waals surface area contributed by atoms with Crippen LogP contribution in [0.15, 0.2) is 53.1 Å². The van der Waals surface area contributed by atoms with Gasteiger partial charge < -0.3 is 18.9 Å². The van der Waals surface area contributed by atoms with Crippen molar-refractivity contribution in [3.8, 4) is 22.8 Å². The maximum atomic E-state index is 13.1. The molecular formula is C23H25ClN2O4. The maximum absolute atomic E-state index is 13.1. The summed E-state index contributed by atoms with van der Waals surface area (Å²) < 4.78 is 16.2. The molecule has 7 heteroatoms. The van der Waals surface area contributed by atoms with Crippen LogP contribution in [0.5, 0.6) is 11.5 Å². The Balaban J connectivity index is 1.86. The third kappa shape index (κ3) is 4.94. The van der Waals surface area contributed by atoms with E-state index in [1.807, 2.05) is 18.2 Å². The fourth-order valence-electron chi connectivity index (χ4n) is 3.18. The average molecular weight is 429 g/mol. The van der Waals surface area contributed by atoms with Gasteiger partial charge in [0.15, 0.2) is 5.76 Å². The monoisotopic (exact) mass is 428 g/mol. The molecular weight excluding hydrogens is 404 g/mol. The second-order valence-corrected chi connectivity index (χ2v) is 7.72. The van der Waals surface area contributed by atoms with Gasteiger partial charge in [0.1, 0.15) is 17.2 Å². The number of benzene rings is 2. The molecule has 0 aliphatic carbocycles. The zero-order chi connectivity index (χ0) is 21.7. The van der Waals surface area contributed by atoms with E-state index < -0.39 is 0 Å². The molecule has 0 radical (unpaired) electrons. The lowest BCUT2D eigenvalue weighted by Crippen LogP contribution is -2.34. The largest absolute Gasteiger partial charge is 0.497 e. The van der Waals surface area contributed by atoms with Crippen molar-refractivity contribution in [2.45, 2.75) is 20.4 Å². The Morgan fingerprint density at radius 1 is 1.13 bits per heavy atom. The van der Waals surface area contributed by atoms with Gasteiger partial charge in [0.2, 0.25) is 0 Å². The Morgan fingerprint density at radius 2 is 1.90 bits per heavy atom. The van der Waals surface area contributed by atoms with E-state index in [2.05, 4.69) is 19.0 Å². The number of hydrogen-bond donors (Lipinski definition) is 0. The molecule has 158 valence electrons. The van der Waals surface area contributed by atoms with Gasteiger partial charge in [-0.25, -0.2) is 0 Å². The maximum Gasteiger partial charge on any atom is 0.255 e. The molecule has 3 rings (SSSR count). The van der Waals surface area contributed by atoms with Crippen LogP contribution in [0.4, 0.5) is 0 Å². The minimum atomic E-state index is -0.138. The van der Waals surface area contributed by atoms with Crippen LogP contribution in [0.1, 0.15) is 29.9 Å². The molecule has 1 heterocycles. The summed E-state index contributed by atoms with van der Waals surface area (Å²) >= 11 is 6.24. The number of halogens is 1. The van der Waals surface area contributed by atoms with Crippen molar-refractivity contribution in [2.24, 2.45) is 5.92 Å². The molecule has 2 aromatic carbocycles. The molecule has 0 N–H and O–H groups in total. The summed E-state index contributed by atoms with van der Waals surface area (Å²) in [6.45, 7) is 5.00. The van der Waals surface area contributed by atoms with Crippen molar-refractivity contribution in [3.05, 3.63) is 64.8 Å². The lowest BCUT2D eigenvalue weighted by atomic mass is 10.1. The van der Waals surface area contributed by atoms with Crippen molar-refractivity contribution < 1.29 is 18.8 Å². The fourth-order valence-corrected chi connectivity index (χ4v) is 3.39. The SMILES string of the molecule is COc1ccc(-c2cc(CN(CC(C)C)C(=O)c3ccccc3Cl)no2)c(OC)c1. The van der Waals surface area contributed by atoms with E-state index >= 15 is 0 Å². The second-order valence-electron chi connectivity index (χ2n) is 7.31. The van der Waals surface area contributed by atoms with Gasteiger partial charge >= 0.3 is 0 Å². The van der Waals surface area contributed by atoms with E-state index in [0.29, 0.717) is 46.6 Å². The van der Waals surface area contributed by atoms with Crippen molar-refractivity contribution in [1.29, 1.82) is 0 Å². The van der Waals surface area contributed by atoms with E-state index in [9.17, 15) is 4.79 Å². The summed E-state index contributed by atoms with van der Waals surface area (Å²) in [5.74, 6) is 2.00. The van der Waals surface area contributed by atoms with E-state index in [1.165, 1.54) is 0 Å². The summed E-state index contributed by atoms with van der Waals surface area (Å²) in [6.07, 6.45) is 0. The van der Waals surface area contributed by atoms with E-state index in [0.717, 1.165) is 5.56 Å². The number of amides is 1. The highest BCUT2D eigenvalue weighted by Gasteiger charge is 2.22. The molecule has 3 aromatic rings. The molecule has 0 saturated heterocycles. The average Bonchev–Trinajstić information content (AvgIpc) is 3.20. The number of hydrogen-bond acceptors (Lipinski definition) is 5. The lowest BCUT2D eigenvalue weighted by molar-refractivity contribution is 0.0719. The molecule has 0 saturated carbocycles. The highest BCUT2D eigenvalue weighted by atomic mass is 35.5. The van der Waals surface area contributed by atoms with Crippen molar-refractivity contribution in [2.75, 3.05) is 20.8 Å². The van der Waals surface area contributed by atoms with Crippen LogP contribution in [0.3, 0.4) is 0 Å². The Hall–Kier alpha value is -2.99. The van der Waals surface area contributed by atoms with Crippen LogP contribution in [0, 0.1) is 5.92 Å². The quantitative estimate of drug-likeness (QED) is 0.486. The third-order valence-corrected chi connectivity index (χ3v) is 4.89. The second kappa shape index (κ2) is 9.67. The van der Waals surface area contributed by atoms with Crippen molar-refractivity contribution in [3.63, 3.8) is 0 Å². The minimum absolute atomic E-state index is 0.138. The summed E-state index contributed by atoms with van der Waals surface area (Å²) in [7, 11) is 3.18. The summed E-state index contributed by atoms with van der Waals surface area (Å²) in [6, 6.07) is 14.3. The molecule has 0 aliphatic heterocycles. The number of nitrogens with zero attached hydrogens (tertiary/aromatic N) is 2. The first-order chi connectivity index (χ1) is 14.4. The van der Waals surface area contributed by atoms with Crippen LogP contribution in [-0.2, 0) is 6.54 Å².